The summed E-state index contributed by atoms with van der Waals surface area (Å²) in [5.41, 5.74) is 0. The Balaban J connectivity index is 4.48. The highest BCUT2D eigenvalue weighted by molar-refractivity contribution is 5.71. The van der Waals surface area contributed by atoms with Crippen LogP contribution in [0.3, 0.4) is 0 Å². The van der Waals surface area contributed by atoms with Crippen molar-refractivity contribution in [2.24, 2.45) is 0 Å². The lowest BCUT2D eigenvalue weighted by molar-refractivity contribution is -0.166. The van der Waals surface area contributed by atoms with Gasteiger partial charge in [-0.15, -0.1) is 0 Å². The summed E-state index contributed by atoms with van der Waals surface area (Å²) >= 11 is 0. The van der Waals surface area contributed by atoms with Crippen molar-refractivity contribution in [3.05, 3.63) is 97.2 Å². The van der Waals surface area contributed by atoms with Crippen molar-refractivity contribution in [2.75, 3.05) is 13.2 Å². The van der Waals surface area contributed by atoms with Crippen LogP contribution in [0, 0.1) is 0 Å². The van der Waals surface area contributed by atoms with E-state index in [9.17, 15) is 14.4 Å². The topological polar surface area (TPSA) is 78.9 Å². The largest absolute Gasteiger partial charge is 0.462 e. The van der Waals surface area contributed by atoms with E-state index in [1.165, 1.54) is 128 Å². The maximum absolute atomic E-state index is 12.9. The van der Waals surface area contributed by atoms with E-state index in [0.717, 1.165) is 103 Å². The quantitative estimate of drug-likeness (QED) is 0.0261. The molecule has 0 N–H and O–H groups in total. The van der Waals surface area contributed by atoms with Gasteiger partial charge >= 0.3 is 17.9 Å². The zero-order valence-electron chi connectivity index (χ0n) is 46.5. The van der Waals surface area contributed by atoms with E-state index in [4.69, 9.17) is 14.2 Å². The molecule has 6 heteroatoms. The summed E-state index contributed by atoms with van der Waals surface area (Å²) < 4.78 is 16.8. The Morgan fingerprint density at radius 2 is 0.577 bits per heavy atom. The minimum Gasteiger partial charge on any atom is -0.462 e. The molecule has 1 atom stereocenters. The van der Waals surface area contributed by atoms with Crippen molar-refractivity contribution < 1.29 is 28.6 Å². The summed E-state index contributed by atoms with van der Waals surface area (Å²) in [5, 5.41) is 0. The van der Waals surface area contributed by atoms with Crippen LogP contribution >= 0.6 is 0 Å². The van der Waals surface area contributed by atoms with Crippen molar-refractivity contribution >= 4 is 17.9 Å². The van der Waals surface area contributed by atoms with Crippen LogP contribution in [0.2, 0.25) is 0 Å². The van der Waals surface area contributed by atoms with E-state index in [2.05, 4.69) is 112 Å². The normalized spacial score (nSPS) is 12.8. The first-order valence-corrected chi connectivity index (χ1v) is 29.7. The fraction of sp³-hybridized carbons (Fsp3) is 0.708. The van der Waals surface area contributed by atoms with Crippen LogP contribution in [-0.4, -0.2) is 37.2 Å². The molecule has 0 aliphatic heterocycles. The van der Waals surface area contributed by atoms with Gasteiger partial charge in [-0.3, -0.25) is 14.4 Å². The van der Waals surface area contributed by atoms with Gasteiger partial charge in [0.1, 0.15) is 13.2 Å². The Kier molecular flexibility index (Phi) is 55.9. The van der Waals surface area contributed by atoms with Crippen LogP contribution in [-0.2, 0) is 28.6 Å². The molecule has 0 saturated carbocycles. The minimum absolute atomic E-state index is 0.105. The molecule has 6 nitrogen and oxygen atoms in total. The maximum atomic E-state index is 12.9. The van der Waals surface area contributed by atoms with Crippen molar-refractivity contribution in [1.82, 2.24) is 0 Å². The van der Waals surface area contributed by atoms with Crippen LogP contribution in [0.5, 0.6) is 0 Å². The number of hydrogen-bond donors (Lipinski definition) is 0. The van der Waals surface area contributed by atoms with Gasteiger partial charge in [0.25, 0.3) is 0 Å². The first-order chi connectivity index (χ1) is 35.0. The highest BCUT2D eigenvalue weighted by Gasteiger charge is 2.19. The third-order valence-corrected chi connectivity index (χ3v) is 12.6. The van der Waals surface area contributed by atoms with Gasteiger partial charge in [0.05, 0.1) is 0 Å². The fourth-order valence-electron chi connectivity index (χ4n) is 8.15. The van der Waals surface area contributed by atoms with E-state index in [0.29, 0.717) is 19.3 Å². The summed E-state index contributed by atoms with van der Waals surface area (Å²) in [5.74, 6) is -1.00. The van der Waals surface area contributed by atoms with Crippen molar-refractivity contribution in [3.8, 4) is 0 Å². The summed E-state index contributed by atoms with van der Waals surface area (Å²) in [6.45, 7) is 6.44. The summed E-state index contributed by atoms with van der Waals surface area (Å²) in [4.78, 5) is 38.2. The zero-order chi connectivity index (χ0) is 51.4. The van der Waals surface area contributed by atoms with Gasteiger partial charge in [-0.05, 0) is 89.9 Å². The molecule has 0 fully saturated rings. The summed E-state index contributed by atoms with van der Waals surface area (Å²) in [7, 11) is 0. The van der Waals surface area contributed by atoms with Crippen LogP contribution in [0.15, 0.2) is 97.2 Å². The molecule has 0 rings (SSSR count). The third kappa shape index (κ3) is 57.1. The molecule has 0 heterocycles. The summed E-state index contributed by atoms with van der Waals surface area (Å²) in [6, 6.07) is 0. The lowest BCUT2D eigenvalue weighted by Crippen LogP contribution is -2.30. The van der Waals surface area contributed by atoms with E-state index < -0.39 is 6.10 Å². The van der Waals surface area contributed by atoms with Gasteiger partial charge in [-0.1, -0.05) is 266 Å². The number of unbranched alkanes of at least 4 members (excludes halogenated alkanes) is 26. The van der Waals surface area contributed by atoms with Crippen LogP contribution in [0.4, 0.5) is 0 Å². The number of carbonyl (C=O) groups excluding carboxylic acids is 3. The minimum atomic E-state index is -0.815. The van der Waals surface area contributed by atoms with Crippen LogP contribution < -0.4 is 0 Å². The second-order valence-corrected chi connectivity index (χ2v) is 19.5. The fourth-order valence-corrected chi connectivity index (χ4v) is 8.15. The molecule has 0 amide bonds. The second kappa shape index (κ2) is 58.9. The highest BCUT2D eigenvalue weighted by Crippen LogP contribution is 2.16. The molecule has 0 aromatic carbocycles. The molecular weight excluding hydrogens is 877 g/mol. The van der Waals surface area contributed by atoms with Gasteiger partial charge in [0.2, 0.25) is 0 Å². The molecule has 0 saturated heterocycles. The maximum Gasteiger partial charge on any atom is 0.306 e. The zero-order valence-corrected chi connectivity index (χ0v) is 46.5. The Morgan fingerprint density at radius 3 is 0.972 bits per heavy atom. The predicted octanol–water partition coefficient (Wildman–Crippen LogP) is 20.1. The molecule has 0 aliphatic rings. The molecular formula is C65H110O6. The second-order valence-electron chi connectivity index (χ2n) is 19.5. The number of rotatable bonds is 53. The van der Waals surface area contributed by atoms with Crippen molar-refractivity contribution in [3.63, 3.8) is 0 Å². The van der Waals surface area contributed by atoms with E-state index in [1.807, 2.05) is 6.08 Å². The Hall–Kier alpha value is -3.67. The van der Waals surface area contributed by atoms with E-state index in [1.54, 1.807) is 0 Å². The Bertz CT molecular complexity index is 1410. The number of hydrogen-bond acceptors (Lipinski definition) is 6. The van der Waals surface area contributed by atoms with Gasteiger partial charge < -0.3 is 14.2 Å². The molecule has 71 heavy (non-hydrogen) atoms. The van der Waals surface area contributed by atoms with Gasteiger partial charge in [0, 0.05) is 19.3 Å². The highest BCUT2D eigenvalue weighted by atomic mass is 16.6. The lowest BCUT2D eigenvalue weighted by atomic mass is 10.0. The summed E-state index contributed by atoms with van der Waals surface area (Å²) in [6.07, 6.45) is 78.4. The number of carbonyl (C=O) groups is 3. The van der Waals surface area contributed by atoms with Gasteiger partial charge in [-0.25, -0.2) is 0 Å². The van der Waals surface area contributed by atoms with Crippen LogP contribution in [0.1, 0.15) is 278 Å². The van der Waals surface area contributed by atoms with Crippen LogP contribution in [0.25, 0.3) is 0 Å². The standard InChI is InChI=1S/C65H110O6/c1-4-7-10-13-16-19-22-25-28-30-32-34-37-39-42-45-48-51-54-57-63(66)69-60-62(71-65(68)59-56-53-50-47-44-41-36-27-24-21-18-15-12-9-6-3)61-70-64(67)58-55-52-49-46-43-40-38-35-33-31-29-26-23-20-17-14-11-8-5-2/h7,10,16,18-19,21,25,27-28,32,34,36,39,42,48,51,62H,4-6,8-9,11-15,17,20,22-24,26,29-31,33,35,37-38,40-41,43-47,49-50,52-61H2,1-3H3/b10-7-,19-16-,21-18-,28-25-,34-32-,36-27-,42-39-,51-48-/t62-/m1/s1. The van der Waals surface area contributed by atoms with Gasteiger partial charge in [-0.2, -0.15) is 0 Å². The monoisotopic (exact) mass is 987 g/mol. The number of esters is 3. The lowest BCUT2D eigenvalue weighted by Gasteiger charge is -2.18. The molecule has 0 aliphatic carbocycles. The average molecular weight is 988 g/mol. The molecule has 0 unspecified atom stereocenters. The smallest absolute Gasteiger partial charge is 0.306 e. The van der Waals surface area contributed by atoms with Gasteiger partial charge in [0.15, 0.2) is 6.10 Å². The SMILES string of the molecule is CC/C=C\C/C=C\C/C=C\C/C=C\C/C=C\C/C=C\CCC(=O)OC[C@H](COC(=O)CCCCCCCCCCCCCCCCCCCCC)OC(=O)CCCCCCC/C=C\C/C=C\CCCCC. The van der Waals surface area contributed by atoms with Crippen molar-refractivity contribution in [2.45, 2.75) is 284 Å². The predicted molar refractivity (Wildman–Crippen MR) is 307 cm³/mol. The molecule has 0 bridgehead atoms. The van der Waals surface area contributed by atoms with Crippen molar-refractivity contribution in [1.29, 1.82) is 0 Å². The van der Waals surface area contributed by atoms with E-state index in [-0.39, 0.29) is 37.5 Å². The number of allylic oxidation sites excluding steroid dienone is 16. The molecule has 0 aromatic heterocycles. The number of ether oxygens (including phenoxy) is 3. The first kappa shape index (κ1) is 67.3. The Labute approximate surface area is 438 Å². The van der Waals surface area contributed by atoms with E-state index >= 15 is 0 Å². The first-order valence-electron chi connectivity index (χ1n) is 29.7. The molecule has 406 valence electrons. The molecule has 0 radical (unpaired) electrons. The Morgan fingerprint density at radius 1 is 0.296 bits per heavy atom. The average Bonchev–Trinajstić information content (AvgIpc) is 3.37. The third-order valence-electron chi connectivity index (χ3n) is 12.6. The molecule has 0 aromatic rings. The molecule has 0 spiro atoms.